The van der Waals surface area contributed by atoms with E-state index in [0.29, 0.717) is 29.3 Å². The van der Waals surface area contributed by atoms with Crippen LogP contribution in [0.4, 0.5) is 17.1 Å². The molecule has 0 atom stereocenters. The third-order valence-corrected chi connectivity index (χ3v) is 6.70. The van der Waals surface area contributed by atoms with Crippen LogP contribution in [0.15, 0.2) is 78.9 Å². The number of rotatable bonds is 8. The van der Waals surface area contributed by atoms with Crippen LogP contribution < -0.4 is 15.5 Å². The Morgan fingerprint density at radius 2 is 1.43 bits per heavy atom. The minimum atomic E-state index is -0.207. The molecule has 1 heterocycles. The van der Waals surface area contributed by atoms with E-state index in [-0.39, 0.29) is 24.3 Å². The van der Waals surface area contributed by atoms with Gasteiger partial charge in [0.05, 0.1) is 6.54 Å². The van der Waals surface area contributed by atoms with Gasteiger partial charge in [-0.3, -0.25) is 14.4 Å². The summed E-state index contributed by atoms with van der Waals surface area (Å²) in [5.41, 5.74) is 3.43. The molecule has 3 aromatic rings. The number of nitrogens with zero attached hydrogens (tertiary/aromatic N) is 2. The van der Waals surface area contributed by atoms with Crippen LogP contribution in [0, 0.1) is 5.92 Å². The number of hydrogen-bond acceptors (Lipinski definition) is 4. The number of piperidine rings is 1. The number of carbonyl (C=O) groups excluding carboxylic acids is 3. The zero-order valence-corrected chi connectivity index (χ0v) is 21.4. The molecule has 0 bridgehead atoms. The SMILES string of the molecule is CCN(C(=O)c1ccc(NC(=O)CNc2ccc(C(=O)N3CCC(C)CC3)cc2)cc1)c1ccccc1. The van der Waals surface area contributed by atoms with Gasteiger partial charge in [-0.2, -0.15) is 0 Å². The van der Waals surface area contributed by atoms with Crippen LogP contribution in [-0.2, 0) is 4.79 Å². The normalized spacial score (nSPS) is 13.6. The first-order valence-corrected chi connectivity index (χ1v) is 12.8. The van der Waals surface area contributed by atoms with Crippen molar-refractivity contribution >= 4 is 34.8 Å². The molecule has 192 valence electrons. The van der Waals surface area contributed by atoms with Crippen molar-refractivity contribution in [3.8, 4) is 0 Å². The van der Waals surface area contributed by atoms with Gasteiger partial charge in [0.1, 0.15) is 0 Å². The molecule has 7 heteroatoms. The lowest BCUT2D eigenvalue weighted by Gasteiger charge is -2.30. The number of benzene rings is 3. The van der Waals surface area contributed by atoms with Gasteiger partial charge < -0.3 is 20.4 Å². The van der Waals surface area contributed by atoms with E-state index < -0.39 is 0 Å². The Hall–Kier alpha value is -4.13. The van der Waals surface area contributed by atoms with Crippen LogP contribution >= 0.6 is 0 Å². The quantitative estimate of drug-likeness (QED) is 0.443. The average Bonchev–Trinajstić information content (AvgIpc) is 2.93. The molecule has 1 saturated heterocycles. The van der Waals surface area contributed by atoms with Crippen LogP contribution in [0.2, 0.25) is 0 Å². The molecule has 0 aliphatic carbocycles. The van der Waals surface area contributed by atoms with Crippen LogP contribution in [-0.4, -0.2) is 48.8 Å². The smallest absolute Gasteiger partial charge is 0.258 e. The van der Waals surface area contributed by atoms with Crippen molar-refractivity contribution in [3.63, 3.8) is 0 Å². The first-order valence-electron chi connectivity index (χ1n) is 12.8. The van der Waals surface area contributed by atoms with Gasteiger partial charge in [0, 0.05) is 47.8 Å². The van der Waals surface area contributed by atoms with Gasteiger partial charge in [-0.25, -0.2) is 0 Å². The molecule has 1 fully saturated rings. The summed E-state index contributed by atoms with van der Waals surface area (Å²) in [5.74, 6) is 0.434. The summed E-state index contributed by atoms with van der Waals surface area (Å²) in [4.78, 5) is 41.7. The van der Waals surface area contributed by atoms with E-state index in [4.69, 9.17) is 0 Å². The molecule has 0 saturated carbocycles. The molecule has 0 unspecified atom stereocenters. The molecule has 0 radical (unpaired) electrons. The second-order valence-electron chi connectivity index (χ2n) is 9.42. The Labute approximate surface area is 218 Å². The average molecular weight is 499 g/mol. The minimum absolute atomic E-state index is 0.0592. The first kappa shape index (κ1) is 25.9. The highest BCUT2D eigenvalue weighted by Gasteiger charge is 2.21. The van der Waals surface area contributed by atoms with Gasteiger partial charge in [0.15, 0.2) is 0 Å². The van der Waals surface area contributed by atoms with Crippen molar-refractivity contribution in [3.05, 3.63) is 90.0 Å². The monoisotopic (exact) mass is 498 g/mol. The zero-order chi connectivity index (χ0) is 26.2. The van der Waals surface area contributed by atoms with Gasteiger partial charge in [0.25, 0.3) is 11.8 Å². The number of para-hydroxylation sites is 1. The fourth-order valence-corrected chi connectivity index (χ4v) is 4.42. The Bertz CT molecular complexity index is 1200. The van der Waals surface area contributed by atoms with E-state index in [1.807, 2.05) is 54.3 Å². The summed E-state index contributed by atoms with van der Waals surface area (Å²) in [6, 6.07) is 23.7. The molecule has 7 nitrogen and oxygen atoms in total. The van der Waals surface area contributed by atoms with Crippen LogP contribution in [0.25, 0.3) is 0 Å². The lowest BCUT2D eigenvalue weighted by atomic mass is 9.98. The molecule has 0 aromatic heterocycles. The molecule has 4 rings (SSSR count). The topological polar surface area (TPSA) is 81.8 Å². The molecule has 0 spiro atoms. The van der Waals surface area contributed by atoms with Crippen molar-refractivity contribution in [2.45, 2.75) is 26.7 Å². The van der Waals surface area contributed by atoms with E-state index in [9.17, 15) is 14.4 Å². The fourth-order valence-electron chi connectivity index (χ4n) is 4.42. The molecule has 1 aliphatic rings. The summed E-state index contributed by atoms with van der Waals surface area (Å²) < 4.78 is 0. The second kappa shape index (κ2) is 12.2. The highest BCUT2D eigenvalue weighted by atomic mass is 16.2. The molecule has 37 heavy (non-hydrogen) atoms. The van der Waals surface area contributed by atoms with Crippen molar-refractivity contribution < 1.29 is 14.4 Å². The molecular weight excluding hydrogens is 464 g/mol. The lowest BCUT2D eigenvalue weighted by Crippen LogP contribution is -2.37. The number of nitrogens with one attached hydrogen (secondary N) is 2. The maximum absolute atomic E-state index is 12.9. The summed E-state index contributed by atoms with van der Waals surface area (Å²) >= 11 is 0. The second-order valence-corrected chi connectivity index (χ2v) is 9.42. The number of amides is 3. The van der Waals surface area contributed by atoms with Gasteiger partial charge in [-0.15, -0.1) is 0 Å². The van der Waals surface area contributed by atoms with E-state index in [2.05, 4.69) is 17.6 Å². The van der Waals surface area contributed by atoms with Crippen LogP contribution in [0.3, 0.4) is 0 Å². The first-order chi connectivity index (χ1) is 17.9. The molecule has 3 aromatic carbocycles. The van der Waals surface area contributed by atoms with E-state index >= 15 is 0 Å². The molecule has 3 amide bonds. The fraction of sp³-hybridized carbons (Fsp3) is 0.300. The number of carbonyl (C=O) groups is 3. The van der Waals surface area contributed by atoms with Crippen molar-refractivity contribution in [1.29, 1.82) is 0 Å². The third kappa shape index (κ3) is 6.76. The van der Waals surface area contributed by atoms with E-state index in [1.165, 1.54) is 0 Å². The van der Waals surface area contributed by atoms with Gasteiger partial charge in [-0.1, -0.05) is 25.1 Å². The number of hydrogen-bond donors (Lipinski definition) is 2. The minimum Gasteiger partial charge on any atom is -0.376 e. The summed E-state index contributed by atoms with van der Waals surface area (Å²) in [6.45, 7) is 6.40. The summed E-state index contributed by atoms with van der Waals surface area (Å²) in [6.07, 6.45) is 2.09. The number of likely N-dealkylation sites (tertiary alicyclic amines) is 1. The summed E-state index contributed by atoms with van der Waals surface area (Å²) in [5, 5.41) is 5.93. The molecular formula is C30H34N4O3. The highest BCUT2D eigenvalue weighted by molar-refractivity contribution is 6.06. The third-order valence-electron chi connectivity index (χ3n) is 6.70. The van der Waals surface area contributed by atoms with Gasteiger partial charge >= 0.3 is 0 Å². The zero-order valence-electron chi connectivity index (χ0n) is 21.4. The van der Waals surface area contributed by atoms with Crippen molar-refractivity contribution in [1.82, 2.24) is 4.90 Å². The Balaban J connectivity index is 1.27. The Morgan fingerprint density at radius 3 is 2.05 bits per heavy atom. The predicted molar refractivity (Wildman–Crippen MR) is 148 cm³/mol. The van der Waals surface area contributed by atoms with E-state index in [0.717, 1.165) is 37.3 Å². The van der Waals surface area contributed by atoms with Crippen LogP contribution in [0.5, 0.6) is 0 Å². The number of anilines is 3. The largest absolute Gasteiger partial charge is 0.376 e. The lowest BCUT2D eigenvalue weighted by molar-refractivity contribution is -0.114. The standard InChI is InChI=1S/C30H34N4O3/c1-3-34(27-7-5-4-6-8-27)30(37)24-11-15-26(16-12-24)32-28(35)21-31-25-13-9-23(10-14-25)29(36)33-19-17-22(2)18-20-33/h4-16,22,31H,3,17-21H2,1-2H3,(H,32,35). The van der Waals surface area contributed by atoms with Crippen LogP contribution in [0.1, 0.15) is 47.4 Å². The van der Waals surface area contributed by atoms with Gasteiger partial charge in [-0.05, 0) is 86.3 Å². The molecule has 2 N–H and O–H groups in total. The maximum atomic E-state index is 12.9. The van der Waals surface area contributed by atoms with Crippen molar-refractivity contribution in [2.24, 2.45) is 5.92 Å². The Morgan fingerprint density at radius 1 is 0.838 bits per heavy atom. The maximum Gasteiger partial charge on any atom is 0.258 e. The molecule has 1 aliphatic heterocycles. The summed E-state index contributed by atoms with van der Waals surface area (Å²) in [7, 11) is 0. The van der Waals surface area contributed by atoms with Crippen molar-refractivity contribution in [2.75, 3.05) is 41.7 Å². The highest BCUT2D eigenvalue weighted by Crippen LogP contribution is 2.20. The van der Waals surface area contributed by atoms with Gasteiger partial charge in [0.2, 0.25) is 5.91 Å². The Kier molecular flexibility index (Phi) is 8.56. The van der Waals surface area contributed by atoms with E-state index in [1.54, 1.807) is 41.3 Å². The predicted octanol–water partition coefficient (Wildman–Crippen LogP) is 5.28.